The number of amides is 1. The molecule has 1 amide bonds. The van der Waals surface area contributed by atoms with Gasteiger partial charge in [0.1, 0.15) is 25.8 Å². The normalized spacial score (nSPS) is 17.4. The van der Waals surface area contributed by atoms with Crippen molar-refractivity contribution in [3.05, 3.63) is 163 Å². The zero-order valence-electron chi connectivity index (χ0n) is 52.7. The summed E-state index contributed by atoms with van der Waals surface area (Å²) in [5.74, 6) is -0.994. The molecule has 6 aromatic carbocycles. The Balaban J connectivity index is 0.000000207. The summed E-state index contributed by atoms with van der Waals surface area (Å²) in [7, 11) is -40.5. The minimum atomic E-state index is -9.91. The number of hydrogen-bond donors (Lipinski definition) is 6. The fraction of sp³-hybridized carbons (Fsp3) is 0.310. The van der Waals surface area contributed by atoms with E-state index in [0.29, 0.717) is 51.5 Å². The number of halogens is 15. The number of aliphatic hydroxyl groups excluding tert-OH is 2. The Bertz CT molecular complexity index is 4690. The summed E-state index contributed by atoms with van der Waals surface area (Å²) < 4.78 is 279. The van der Waals surface area contributed by atoms with Gasteiger partial charge in [-0.1, -0.05) is 148 Å². The standard InChI is InChI=1S/2C20H24F5N3O3S2.C18H19F5N4O3S2/c2*1-4-19(29)20(5-2,14-9-11-15(12-10-14)33(21,22,23,24)25)28-18-8-6-7-17(16(18)13-26-28)27-32(3,30)31;1-3-18(17(24)28,12-7-9-13(10-8-12)32(19,20,21,22)23)27-16-6-4-5-15(14(16)11-25-27)26-31(2,29)30/h2*6-13,19,27,29H,4-5H2,1-3H3;4-11,26H,3H2,1-2H3,(H2,24,28). The highest BCUT2D eigenvalue weighted by Crippen LogP contribution is 3.03. The van der Waals surface area contributed by atoms with Gasteiger partial charge in [-0.3, -0.25) is 28.3 Å². The zero-order valence-corrected chi connectivity index (χ0v) is 57.6. The molecule has 5 unspecified atom stereocenters. The highest BCUT2D eigenvalue weighted by molar-refractivity contribution is 8.46. The monoisotopic (exact) mass is 1520 g/mol. The fourth-order valence-corrected chi connectivity index (χ4v) is 15.3. The van der Waals surface area contributed by atoms with Crippen LogP contribution in [-0.4, -0.2) is 102 Å². The summed E-state index contributed by atoms with van der Waals surface area (Å²) in [6.07, 6.45) is 5.19. The SMILES string of the molecule is CCC(C(N)=O)(c1ccc(S(F)(F)(F)(F)F)cc1)n1ncc2c(NS(C)(=O)=O)cccc21.CCC(O)C(CC)(c1ccc(S(F)(F)(F)(F)F)cc1)n1ncc2c(NS(C)(=O)=O)cccc21.CCC(O)C(CC)(c1ccc(S(F)(F)(F)(F)F)cc1)n1ncc2c(NS(C)(=O)=O)cccc21. The Hall–Kier alpha value is -7.63. The molecular weight excluding hydrogens is 1460 g/mol. The predicted molar refractivity (Wildman–Crippen MR) is 352 cm³/mol. The molecule has 7 N–H and O–H groups in total. The van der Waals surface area contributed by atoms with Crippen molar-refractivity contribution < 1.29 is 98.5 Å². The van der Waals surface area contributed by atoms with Crippen molar-refractivity contribution in [2.75, 3.05) is 32.9 Å². The van der Waals surface area contributed by atoms with Crippen molar-refractivity contribution in [1.29, 1.82) is 0 Å². The maximum absolute atomic E-state index is 13.2. The lowest BCUT2D eigenvalue weighted by Crippen LogP contribution is -2.47. The van der Waals surface area contributed by atoms with Crippen LogP contribution in [0.15, 0.2) is 161 Å². The summed E-state index contributed by atoms with van der Waals surface area (Å²) in [5.41, 5.74) is 2.86. The first-order valence-electron chi connectivity index (χ1n) is 28.8. The van der Waals surface area contributed by atoms with Gasteiger partial charge in [-0.25, -0.2) is 29.9 Å². The van der Waals surface area contributed by atoms with E-state index >= 15 is 0 Å². The first-order chi connectivity index (χ1) is 44.2. The maximum atomic E-state index is 13.2. The van der Waals surface area contributed by atoms with Crippen LogP contribution in [0.1, 0.15) is 83.4 Å². The molecule has 0 fully saturated rings. The number of carbonyl (C=O) groups excluding carboxylic acids is 1. The molecule has 5 atom stereocenters. The quantitative estimate of drug-likeness (QED) is 0.0326. The van der Waals surface area contributed by atoms with Gasteiger partial charge in [0, 0.05) is 16.2 Å². The number of aliphatic hydroxyl groups is 2. The van der Waals surface area contributed by atoms with Gasteiger partial charge in [-0.05, 0) is 122 Å². The Kier molecular flexibility index (Phi) is 18.8. The molecule has 98 heavy (non-hydrogen) atoms. The number of nitrogens with two attached hydrogens (primary N) is 1. The molecule has 0 saturated carbocycles. The Labute approximate surface area is 552 Å². The van der Waals surface area contributed by atoms with Crippen LogP contribution in [0.25, 0.3) is 32.7 Å². The summed E-state index contributed by atoms with van der Waals surface area (Å²) in [4.78, 5) is 6.44. The van der Waals surface area contributed by atoms with E-state index in [4.69, 9.17) is 5.73 Å². The molecule has 9 aromatic rings. The van der Waals surface area contributed by atoms with Gasteiger partial charge in [-0.2, -0.15) is 15.3 Å². The lowest BCUT2D eigenvalue weighted by Gasteiger charge is -2.42. The molecule has 0 radical (unpaired) electrons. The van der Waals surface area contributed by atoms with Crippen LogP contribution in [0.3, 0.4) is 0 Å². The van der Waals surface area contributed by atoms with E-state index in [0.717, 1.165) is 59.8 Å². The number of primary amides is 1. The van der Waals surface area contributed by atoms with Crippen molar-refractivity contribution in [3.8, 4) is 0 Å². The minimum absolute atomic E-state index is 0.0847. The number of sulfonamides is 3. The zero-order chi connectivity index (χ0) is 74.1. The molecule has 3 heterocycles. The van der Waals surface area contributed by atoms with Crippen molar-refractivity contribution in [1.82, 2.24) is 29.3 Å². The highest BCUT2D eigenvalue weighted by Gasteiger charge is 2.67. The van der Waals surface area contributed by atoms with E-state index in [-0.39, 0.29) is 83.5 Å². The number of nitrogens with one attached hydrogen (secondary N) is 3. The van der Waals surface area contributed by atoms with E-state index in [2.05, 4.69) is 29.5 Å². The van der Waals surface area contributed by atoms with E-state index in [9.17, 15) is 98.5 Å². The number of rotatable bonds is 23. The van der Waals surface area contributed by atoms with Crippen molar-refractivity contribution in [2.45, 2.75) is 110 Å². The van der Waals surface area contributed by atoms with Gasteiger partial charge in [0.25, 0.3) is 0 Å². The molecule has 0 aliphatic carbocycles. The molecule has 0 aliphatic rings. The van der Waals surface area contributed by atoms with E-state index < -0.39 is 110 Å². The van der Waals surface area contributed by atoms with Crippen LogP contribution < -0.4 is 19.9 Å². The third-order valence-corrected chi connectivity index (χ3v) is 21.4. The number of aromatic nitrogens is 6. The van der Waals surface area contributed by atoms with Gasteiger partial charge >= 0.3 is 30.7 Å². The summed E-state index contributed by atoms with van der Waals surface area (Å²) in [6, 6.07) is 20.7. The average Bonchev–Trinajstić information content (AvgIpc) is 0.865. The second kappa shape index (κ2) is 23.8. The summed E-state index contributed by atoms with van der Waals surface area (Å²) in [5, 5.41) is 35.9. The number of anilines is 3. The lowest BCUT2D eigenvalue weighted by molar-refractivity contribution is -0.125. The first-order valence-corrected chi connectivity index (χ1v) is 40.3. The molecular formula is C58H67F15N10O9S6. The third-order valence-electron chi connectivity index (χ3n) is 16.1. The smallest absolute Gasteiger partial charge is 0.310 e. The molecule has 0 saturated heterocycles. The average molecular weight is 1530 g/mol. The van der Waals surface area contributed by atoms with Crippen molar-refractivity contribution >= 4 is 116 Å². The first kappa shape index (κ1) is 77.7. The van der Waals surface area contributed by atoms with Gasteiger partial charge in [0.2, 0.25) is 36.0 Å². The predicted octanol–water partition coefficient (Wildman–Crippen LogP) is 16.7. The molecule has 0 spiro atoms. The number of benzene rings is 6. The van der Waals surface area contributed by atoms with Crippen LogP contribution in [0, 0.1) is 0 Å². The van der Waals surface area contributed by atoms with E-state index in [1.807, 2.05) is 0 Å². The van der Waals surface area contributed by atoms with Crippen LogP contribution in [0.5, 0.6) is 0 Å². The van der Waals surface area contributed by atoms with Crippen LogP contribution in [0.2, 0.25) is 0 Å². The molecule has 0 aliphatic heterocycles. The maximum Gasteiger partial charge on any atom is 0.310 e. The minimum Gasteiger partial charge on any atom is -0.390 e. The summed E-state index contributed by atoms with van der Waals surface area (Å²) in [6.45, 7) is 8.23. The number of fused-ring (bicyclic) bond motifs is 3. The van der Waals surface area contributed by atoms with Gasteiger partial charge in [0.15, 0.2) is 5.54 Å². The van der Waals surface area contributed by atoms with Crippen LogP contribution in [0.4, 0.5) is 75.3 Å². The Morgan fingerprint density at radius 3 is 0.908 bits per heavy atom. The lowest BCUT2D eigenvalue weighted by atomic mass is 9.80. The number of hydrogen-bond acceptors (Lipinski definition) is 12. The van der Waals surface area contributed by atoms with Crippen molar-refractivity contribution in [2.24, 2.45) is 5.73 Å². The summed E-state index contributed by atoms with van der Waals surface area (Å²) >= 11 is 0. The van der Waals surface area contributed by atoms with E-state index in [1.165, 1.54) is 65.2 Å². The fourth-order valence-electron chi connectivity index (χ4n) is 11.6. The number of carbonyl (C=O) groups is 1. The number of nitrogens with zero attached hydrogens (tertiary/aromatic N) is 6. The highest BCUT2D eigenvalue weighted by atomic mass is 32.5. The van der Waals surface area contributed by atoms with Gasteiger partial charge in [-0.15, -0.1) is 0 Å². The molecule has 3 aromatic heterocycles. The largest absolute Gasteiger partial charge is 0.390 e. The van der Waals surface area contributed by atoms with Gasteiger partial charge < -0.3 is 15.9 Å². The molecule has 544 valence electrons. The van der Waals surface area contributed by atoms with Crippen LogP contribution >= 0.6 is 30.7 Å². The van der Waals surface area contributed by atoms with Crippen LogP contribution in [-0.2, 0) is 51.5 Å². The molecule has 9 rings (SSSR count). The second-order valence-corrected chi connectivity index (χ2v) is 35.4. The van der Waals surface area contributed by atoms with Crippen molar-refractivity contribution in [3.63, 3.8) is 0 Å². The third kappa shape index (κ3) is 16.3. The molecule has 0 bridgehead atoms. The van der Waals surface area contributed by atoms with E-state index in [1.54, 1.807) is 52.0 Å². The Morgan fingerprint density at radius 1 is 0.429 bits per heavy atom. The second-order valence-electron chi connectivity index (χ2n) is 23.0. The molecule has 40 heteroatoms. The Morgan fingerprint density at radius 2 is 0.684 bits per heavy atom. The molecule has 19 nitrogen and oxygen atoms in total. The topological polar surface area (TPSA) is 276 Å². The van der Waals surface area contributed by atoms with Gasteiger partial charge in [0.05, 0.1) is 83.2 Å².